The highest BCUT2D eigenvalue weighted by Crippen LogP contribution is 2.16. The highest BCUT2D eigenvalue weighted by atomic mass is 32.2. The van der Waals surface area contributed by atoms with Crippen LogP contribution in [0.1, 0.15) is 12.2 Å². The van der Waals surface area contributed by atoms with Crippen molar-refractivity contribution in [3.63, 3.8) is 0 Å². The van der Waals surface area contributed by atoms with Gasteiger partial charge in [-0.05, 0) is 49.7 Å². The minimum absolute atomic E-state index is 0.0586. The van der Waals surface area contributed by atoms with Gasteiger partial charge in [-0.1, -0.05) is 12.1 Å². The van der Waals surface area contributed by atoms with Gasteiger partial charge in [0.2, 0.25) is 15.9 Å². The van der Waals surface area contributed by atoms with E-state index in [-0.39, 0.29) is 11.4 Å². The molecule has 0 spiro atoms. The molecule has 0 aliphatic rings. The van der Waals surface area contributed by atoms with E-state index in [1.807, 2.05) is 31.2 Å². The van der Waals surface area contributed by atoms with Gasteiger partial charge in [0, 0.05) is 20.1 Å². The number of para-hydroxylation sites is 2. The normalized spacial score (nSPS) is 11.9. The van der Waals surface area contributed by atoms with Gasteiger partial charge in [-0.2, -0.15) is 4.31 Å². The number of aromatic nitrogens is 2. The fourth-order valence-electron chi connectivity index (χ4n) is 3.07. The minimum Gasteiger partial charge on any atom is -0.355 e. The Hall–Kier alpha value is -2.78. The number of imidazole rings is 1. The lowest BCUT2D eigenvalue weighted by atomic mass is 10.3. The summed E-state index contributed by atoms with van der Waals surface area (Å²) in [7, 11) is -2.53. The third kappa shape index (κ3) is 4.80. The van der Waals surface area contributed by atoms with Crippen LogP contribution in [0.25, 0.3) is 11.0 Å². The van der Waals surface area contributed by atoms with Crippen LogP contribution in [0.15, 0.2) is 53.4 Å². The van der Waals surface area contributed by atoms with Gasteiger partial charge in [-0.3, -0.25) is 4.79 Å². The van der Waals surface area contributed by atoms with E-state index in [1.54, 1.807) is 0 Å². The van der Waals surface area contributed by atoms with Crippen molar-refractivity contribution in [2.24, 2.45) is 0 Å². The Kier molecular flexibility index (Phi) is 6.29. The standard InChI is InChI=1S/C20H23FN4O3S/c1-15-23-18-6-3-4-7-19(18)25(15)13-5-12-22-20(26)14-24(2)29(27,28)17-10-8-16(21)9-11-17/h3-4,6-11H,5,12-14H2,1-2H3,(H,22,26). The molecule has 0 aliphatic heterocycles. The molecule has 7 nitrogen and oxygen atoms in total. The third-order valence-electron chi connectivity index (χ3n) is 4.61. The summed E-state index contributed by atoms with van der Waals surface area (Å²) in [6, 6.07) is 12.4. The fraction of sp³-hybridized carbons (Fsp3) is 0.300. The lowest BCUT2D eigenvalue weighted by Gasteiger charge is -2.17. The van der Waals surface area contributed by atoms with Crippen molar-refractivity contribution in [3.8, 4) is 0 Å². The number of rotatable bonds is 8. The molecule has 3 aromatic rings. The highest BCUT2D eigenvalue weighted by molar-refractivity contribution is 7.89. The summed E-state index contributed by atoms with van der Waals surface area (Å²) in [5.41, 5.74) is 1.98. The van der Waals surface area contributed by atoms with Crippen molar-refractivity contribution in [1.82, 2.24) is 19.2 Å². The molecule has 0 unspecified atom stereocenters. The van der Waals surface area contributed by atoms with E-state index in [1.165, 1.54) is 19.2 Å². The number of carbonyl (C=O) groups excluding carboxylic acids is 1. The smallest absolute Gasteiger partial charge is 0.243 e. The molecule has 3 rings (SSSR count). The minimum atomic E-state index is -3.85. The second-order valence-electron chi connectivity index (χ2n) is 6.72. The second-order valence-corrected chi connectivity index (χ2v) is 8.76. The van der Waals surface area contributed by atoms with Crippen LogP contribution in [0.4, 0.5) is 4.39 Å². The van der Waals surface area contributed by atoms with Crippen LogP contribution in [-0.4, -0.2) is 48.3 Å². The van der Waals surface area contributed by atoms with Gasteiger partial charge in [-0.25, -0.2) is 17.8 Å². The van der Waals surface area contributed by atoms with E-state index >= 15 is 0 Å². The second kappa shape index (κ2) is 8.71. The quantitative estimate of drug-likeness (QED) is 0.569. The molecule has 154 valence electrons. The van der Waals surface area contributed by atoms with Crippen molar-refractivity contribution in [1.29, 1.82) is 0 Å². The molecule has 0 saturated heterocycles. The topological polar surface area (TPSA) is 84.3 Å². The SMILES string of the molecule is Cc1nc2ccccc2n1CCCNC(=O)CN(C)S(=O)(=O)c1ccc(F)cc1. The molecule has 0 fully saturated rings. The maximum atomic E-state index is 13.0. The Bertz CT molecular complexity index is 1110. The van der Waals surface area contributed by atoms with Crippen LogP contribution in [0, 0.1) is 12.7 Å². The van der Waals surface area contributed by atoms with Gasteiger partial charge in [0.1, 0.15) is 11.6 Å². The summed E-state index contributed by atoms with van der Waals surface area (Å²) in [6.45, 7) is 2.73. The molecule has 1 amide bonds. The van der Waals surface area contributed by atoms with Crippen molar-refractivity contribution in [3.05, 3.63) is 60.2 Å². The average Bonchev–Trinajstić information content (AvgIpc) is 3.00. The summed E-state index contributed by atoms with van der Waals surface area (Å²) in [5.74, 6) is -0.0155. The van der Waals surface area contributed by atoms with Crippen molar-refractivity contribution in [2.75, 3.05) is 20.1 Å². The third-order valence-corrected chi connectivity index (χ3v) is 6.43. The Morgan fingerprint density at radius 3 is 2.59 bits per heavy atom. The van der Waals surface area contributed by atoms with Crippen LogP contribution in [0.2, 0.25) is 0 Å². The molecule has 1 aromatic heterocycles. The van der Waals surface area contributed by atoms with Crippen molar-refractivity contribution >= 4 is 27.0 Å². The van der Waals surface area contributed by atoms with E-state index in [4.69, 9.17) is 0 Å². The predicted molar refractivity (Wildman–Crippen MR) is 108 cm³/mol. The fourth-order valence-corrected chi connectivity index (χ4v) is 4.20. The number of halogens is 1. The van der Waals surface area contributed by atoms with Gasteiger partial charge in [0.15, 0.2) is 0 Å². The number of carbonyl (C=O) groups is 1. The zero-order valence-electron chi connectivity index (χ0n) is 16.3. The van der Waals surface area contributed by atoms with Crippen LogP contribution in [0.5, 0.6) is 0 Å². The van der Waals surface area contributed by atoms with E-state index in [9.17, 15) is 17.6 Å². The first-order valence-corrected chi connectivity index (χ1v) is 10.6. The van der Waals surface area contributed by atoms with Gasteiger partial charge in [0.05, 0.1) is 22.5 Å². The molecule has 9 heteroatoms. The molecular weight excluding hydrogens is 395 g/mol. The number of nitrogens with zero attached hydrogens (tertiary/aromatic N) is 3. The molecule has 1 heterocycles. The van der Waals surface area contributed by atoms with Crippen LogP contribution in [-0.2, 0) is 21.4 Å². The molecule has 0 radical (unpaired) electrons. The molecule has 0 saturated carbocycles. The van der Waals surface area contributed by atoms with Crippen LogP contribution in [0.3, 0.4) is 0 Å². The first-order valence-electron chi connectivity index (χ1n) is 9.19. The summed E-state index contributed by atoms with van der Waals surface area (Å²) in [6.07, 6.45) is 0.682. The Balaban J connectivity index is 1.50. The van der Waals surface area contributed by atoms with E-state index < -0.39 is 21.7 Å². The number of fused-ring (bicyclic) bond motifs is 1. The van der Waals surface area contributed by atoms with Gasteiger partial charge in [-0.15, -0.1) is 0 Å². The number of hydrogen-bond donors (Lipinski definition) is 1. The summed E-state index contributed by atoms with van der Waals surface area (Å²) < 4.78 is 40.9. The summed E-state index contributed by atoms with van der Waals surface area (Å²) >= 11 is 0. The Morgan fingerprint density at radius 2 is 1.86 bits per heavy atom. The number of likely N-dealkylation sites (N-methyl/N-ethyl adjacent to an activating group) is 1. The number of nitrogens with one attached hydrogen (secondary N) is 1. The van der Waals surface area contributed by atoms with Gasteiger partial charge < -0.3 is 9.88 Å². The van der Waals surface area contributed by atoms with Crippen LogP contribution >= 0.6 is 0 Å². The van der Waals surface area contributed by atoms with E-state index in [0.717, 1.165) is 33.3 Å². The predicted octanol–water partition coefficient (Wildman–Crippen LogP) is 2.31. The number of hydrogen-bond acceptors (Lipinski definition) is 4. The summed E-state index contributed by atoms with van der Waals surface area (Å²) in [5, 5.41) is 2.74. The molecular formula is C20H23FN4O3S. The maximum Gasteiger partial charge on any atom is 0.243 e. The zero-order chi connectivity index (χ0) is 21.0. The largest absolute Gasteiger partial charge is 0.355 e. The molecule has 0 bridgehead atoms. The lowest BCUT2D eigenvalue weighted by molar-refractivity contribution is -0.121. The summed E-state index contributed by atoms with van der Waals surface area (Å²) in [4.78, 5) is 16.6. The molecule has 0 atom stereocenters. The van der Waals surface area contributed by atoms with Gasteiger partial charge in [0.25, 0.3) is 0 Å². The molecule has 29 heavy (non-hydrogen) atoms. The maximum absolute atomic E-state index is 13.0. The molecule has 0 aliphatic carbocycles. The highest BCUT2D eigenvalue weighted by Gasteiger charge is 2.22. The monoisotopic (exact) mass is 418 g/mol. The van der Waals surface area contributed by atoms with E-state index in [0.29, 0.717) is 19.5 Å². The number of sulfonamides is 1. The Labute approximate surface area is 169 Å². The Morgan fingerprint density at radius 1 is 1.17 bits per heavy atom. The average molecular weight is 418 g/mol. The van der Waals surface area contributed by atoms with Crippen molar-refractivity contribution in [2.45, 2.75) is 24.8 Å². The van der Waals surface area contributed by atoms with Gasteiger partial charge >= 0.3 is 0 Å². The first kappa shape index (κ1) is 20.9. The molecule has 1 N–H and O–H groups in total. The lowest BCUT2D eigenvalue weighted by Crippen LogP contribution is -2.38. The number of benzene rings is 2. The van der Waals surface area contributed by atoms with E-state index in [2.05, 4.69) is 14.9 Å². The van der Waals surface area contributed by atoms with Crippen LogP contribution < -0.4 is 5.32 Å². The zero-order valence-corrected chi connectivity index (χ0v) is 17.1. The first-order chi connectivity index (χ1) is 13.8. The number of amides is 1. The number of aryl methyl sites for hydroxylation is 2. The molecule has 2 aromatic carbocycles. The van der Waals surface area contributed by atoms with Crippen molar-refractivity contribution < 1.29 is 17.6 Å².